The zero-order valence-electron chi connectivity index (χ0n) is 36.1. The minimum atomic E-state index is -0.997. The SMILES string of the molecule is CCCCCOc1cc2c3cc(OCCCCC)c(OCCCCC)cc3c3cc(OC(CCCC)C(=O)O)c(OCCCCC)cc3c2cc1OCCCCC. The molecular formula is C49H72O8. The molecule has 4 rings (SSSR count). The molecule has 4 aromatic rings. The van der Waals surface area contributed by atoms with Crippen molar-refractivity contribution >= 4 is 38.3 Å². The van der Waals surface area contributed by atoms with Crippen molar-refractivity contribution in [1.82, 2.24) is 0 Å². The van der Waals surface area contributed by atoms with E-state index in [4.69, 9.17) is 28.4 Å². The van der Waals surface area contributed by atoms with Crippen molar-refractivity contribution in [2.75, 3.05) is 33.0 Å². The maximum atomic E-state index is 12.5. The van der Waals surface area contributed by atoms with E-state index in [0.29, 0.717) is 56.7 Å². The summed E-state index contributed by atoms with van der Waals surface area (Å²) < 4.78 is 39.0. The molecule has 1 N–H and O–H groups in total. The van der Waals surface area contributed by atoms with Crippen molar-refractivity contribution in [1.29, 1.82) is 0 Å². The van der Waals surface area contributed by atoms with Gasteiger partial charge < -0.3 is 33.5 Å². The van der Waals surface area contributed by atoms with Crippen LogP contribution in [-0.2, 0) is 4.79 Å². The van der Waals surface area contributed by atoms with Gasteiger partial charge in [-0.1, -0.05) is 112 Å². The standard InChI is InChI=1S/C49H72O8/c1-7-13-19-25-52-43-30-36-37-31-44(53-26-20-14-8-2)46(55-28-22-16-10-4)33-39(37)41-35-48(57-42(49(50)51)24-18-12-6)47(56-29-23-17-11-5)34-40(41)38(36)32-45(43)54-27-21-15-9-3/h30-35,42H,7-29H2,1-6H3,(H,50,51). The summed E-state index contributed by atoms with van der Waals surface area (Å²) in [4.78, 5) is 12.5. The molecule has 0 saturated carbocycles. The van der Waals surface area contributed by atoms with E-state index in [1.807, 2.05) is 12.1 Å². The number of aliphatic carboxylic acids is 1. The highest BCUT2D eigenvalue weighted by atomic mass is 16.5. The lowest BCUT2D eigenvalue weighted by Crippen LogP contribution is -2.27. The molecule has 8 nitrogen and oxygen atoms in total. The summed E-state index contributed by atoms with van der Waals surface area (Å²) in [6.07, 6.45) is 16.7. The molecule has 0 aliphatic carbocycles. The van der Waals surface area contributed by atoms with E-state index in [1.165, 1.54) is 0 Å². The van der Waals surface area contributed by atoms with Gasteiger partial charge in [0, 0.05) is 0 Å². The van der Waals surface area contributed by atoms with Gasteiger partial charge in [0.15, 0.2) is 40.6 Å². The largest absolute Gasteiger partial charge is 0.490 e. The molecule has 0 bridgehead atoms. The van der Waals surface area contributed by atoms with Crippen molar-refractivity contribution in [3.05, 3.63) is 36.4 Å². The van der Waals surface area contributed by atoms with E-state index in [1.54, 1.807) is 0 Å². The third kappa shape index (κ3) is 13.5. The first-order chi connectivity index (χ1) is 27.9. The van der Waals surface area contributed by atoms with E-state index < -0.39 is 12.1 Å². The molecule has 0 fully saturated rings. The Labute approximate surface area is 342 Å². The third-order valence-corrected chi connectivity index (χ3v) is 10.5. The zero-order valence-corrected chi connectivity index (χ0v) is 36.1. The van der Waals surface area contributed by atoms with E-state index in [2.05, 4.69) is 65.8 Å². The molecule has 1 unspecified atom stereocenters. The lowest BCUT2D eigenvalue weighted by molar-refractivity contribution is -0.145. The second-order valence-corrected chi connectivity index (χ2v) is 15.4. The Hall–Kier alpha value is -4.07. The van der Waals surface area contributed by atoms with Crippen molar-refractivity contribution in [2.45, 2.75) is 163 Å². The quantitative estimate of drug-likeness (QED) is 0.0398. The highest BCUT2D eigenvalue weighted by Crippen LogP contribution is 2.47. The fourth-order valence-electron chi connectivity index (χ4n) is 7.12. The topological polar surface area (TPSA) is 92.7 Å². The van der Waals surface area contributed by atoms with Gasteiger partial charge in [-0.2, -0.15) is 0 Å². The summed E-state index contributed by atoms with van der Waals surface area (Å²) in [5, 5.41) is 16.1. The summed E-state index contributed by atoms with van der Waals surface area (Å²) >= 11 is 0. The molecule has 0 aromatic heterocycles. The van der Waals surface area contributed by atoms with Gasteiger partial charge >= 0.3 is 5.97 Å². The van der Waals surface area contributed by atoms with Crippen LogP contribution in [0.4, 0.5) is 0 Å². The van der Waals surface area contributed by atoms with Crippen LogP contribution in [0.15, 0.2) is 36.4 Å². The van der Waals surface area contributed by atoms with E-state index in [9.17, 15) is 9.90 Å². The van der Waals surface area contributed by atoms with Crippen LogP contribution in [0, 0.1) is 0 Å². The predicted molar refractivity (Wildman–Crippen MR) is 236 cm³/mol. The lowest BCUT2D eigenvalue weighted by atomic mass is 9.93. The Morgan fingerprint density at radius 3 is 0.895 bits per heavy atom. The fraction of sp³-hybridized carbons (Fsp3) is 0.612. The normalized spacial score (nSPS) is 12.0. The van der Waals surface area contributed by atoms with Crippen LogP contribution < -0.4 is 28.4 Å². The molecule has 0 saturated heterocycles. The van der Waals surface area contributed by atoms with E-state index in [0.717, 1.165) is 159 Å². The Morgan fingerprint density at radius 1 is 0.404 bits per heavy atom. The molecular weight excluding hydrogens is 717 g/mol. The number of carboxylic acids is 1. The van der Waals surface area contributed by atoms with Crippen LogP contribution in [0.25, 0.3) is 32.3 Å². The maximum absolute atomic E-state index is 12.5. The maximum Gasteiger partial charge on any atom is 0.344 e. The molecule has 0 aliphatic rings. The minimum Gasteiger partial charge on any atom is -0.490 e. The fourth-order valence-corrected chi connectivity index (χ4v) is 7.12. The molecule has 316 valence electrons. The molecule has 0 radical (unpaired) electrons. The number of ether oxygens (including phenoxy) is 6. The monoisotopic (exact) mass is 789 g/mol. The van der Waals surface area contributed by atoms with Crippen molar-refractivity contribution < 1.29 is 38.3 Å². The van der Waals surface area contributed by atoms with Gasteiger partial charge in [-0.15, -0.1) is 0 Å². The van der Waals surface area contributed by atoms with Crippen LogP contribution in [0.2, 0.25) is 0 Å². The minimum absolute atomic E-state index is 0.409. The Balaban J connectivity index is 2.06. The molecule has 4 aromatic carbocycles. The van der Waals surface area contributed by atoms with Gasteiger partial charge in [0.05, 0.1) is 33.0 Å². The molecule has 0 aliphatic heterocycles. The Kier molecular flexibility index (Phi) is 20.3. The van der Waals surface area contributed by atoms with Crippen LogP contribution in [0.5, 0.6) is 34.5 Å². The number of carbonyl (C=O) groups is 1. The van der Waals surface area contributed by atoms with Crippen molar-refractivity contribution in [3.8, 4) is 34.5 Å². The van der Waals surface area contributed by atoms with Gasteiger partial charge in [0.2, 0.25) is 0 Å². The van der Waals surface area contributed by atoms with Crippen molar-refractivity contribution in [3.63, 3.8) is 0 Å². The average molecular weight is 789 g/mol. The van der Waals surface area contributed by atoms with Gasteiger partial charge in [-0.25, -0.2) is 4.79 Å². The number of benzene rings is 4. The van der Waals surface area contributed by atoms with E-state index >= 15 is 0 Å². The summed E-state index contributed by atoms with van der Waals surface area (Å²) in [6, 6.07) is 12.5. The molecule has 8 heteroatoms. The summed E-state index contributed by atoms with van der Waals surface area (Å²) in [5.74, 6) is 2.87. The molecule has 0 spiro atoms. The summed E-state index contributed by atoms with van der Waals surface area (Å²) in [7, 11) is 0. The Morgan fingerprint density at radius 2 is 0.649 bits per heavy atom. The number of carboxylic acid groups (broad SMARTS) is 1. The first-order valence-corrected chi connectivity index (χ1v) is 22.5. The second kappa shape index (κ2) is 25.3. The zero-order chi connectivity index (χ0) is 40.8. The van der Waals surface area contributed by atoms with Crippen LogP contribution >= 0.6 is 0 Å². The first-order valence-electron chi connectivity index (χ1n) is 22.5. The highest BCUT2D eigenvalue weighted by Gasteiger charge is 2.24. The number of unbranched alkanes of at least 4 members (excludes halogenated alkanes) is 11. The highest BCUT2D eigenvalue weighted by molar-refractivity contribution is 6.26. The third-order valence-electron chi connectivity index (χ3n) is 10.5. The lowest BCUT2D eigenvalue weighted by Gasteiger charge is -2.22. The number of hydrogen-bond donors (Lipinski definition) is 1. The summed E-state index contributed by atoms with van der Waals surface area (Å²) in [5.41, 5.74) is 0. The number of fused-ring (bicyclic) bond motifs is 6. The first kappa shape index (κ1) is 45.6. The number of rotatable bonds is 31. The van der Waals surface area contributed by atoms with Crippen LogP contribution in [0.3, 0.4) is 0 Å². The molecule has 0 amide bonds. The second-order valence-electron chi connectivity index (χ2n) is 15.4. The van der Waals surface area contributed by atoms with E-state index in [-0.39, 0.29) is 0 Å². The van der Waals surface area contributed by atoms with Crippen molar-refractivity contribution in [2.24, 2.45) is 0 Å². The smallest absolute Gasteiger partial charge is 0.344 e. The van der Waals surface area contributed by atoms with Gasteiger partial charge in [-0.3, -0.25) is 0 Å². The van der Waals surface area contributed by atoms with Crippen LogP contribution in [0.1, 0.15) is 157 Å². The van der Waals surface area contributed by atoms with Gasteiger partial charge in [-0.05, 0) is 114 Å². The molecule has 1 atom stereocenters. The molecule has 57 heavy (non-hydrogen) atoms. The van der Waals surface area contributed by atoms with Gasteiger partial charge in [0.1, 0.15) is 0 Å². The van der Waals surface area contributed by atoms with Crippen LogP contribution in [-0.4, -0.2) is 50.2 Å². The number of hydrogen-bond acceptors (Lipinski definition) is 7. The average Bonchev–Trinajstić information content (AvgIpc) is 3.21. The predicted octanol–water partition coefficient (Wildman–Crippen LogP) is 14.0. The molecule has 0 heterocycles. The van der Waals surface area contributed by atoms with Gasteiger partial charge in [0.25, 0.3) is 0 Å². The summed E-state index contributed by atoms with van der Waals surface area (Å²) in [6.45, 7) is 15.9. The Bertz CT molecular complexity index is 1750.